The number of aryl methyl sites for hydroxylation is 1. The Morgan fingerprint density at radius 2 is 1.95 bits per heavy atom. The van der Waals surface area contributed by atoms with Crippen LogP contribution in [0.4, 0.5) is 11.4 Å². The molecule has 0 fully saturated rings. The van der Waals surface area contributed by atoms with Crippen molar-refractivity contribution in [2.75, 3.05) is 19.5 Å². The molecular formula is C13H14N2O6. The third-order valence-corrected chi connectivity index (χ3v) is 2.55. The molecule has 0 spiro atoms. The molecule has 0 bridgehead atoms. The van der Waals surface area contributed by atoms with Gasteiger partial charge in [0, 0.05) is 17.3 Å². The van der Waals surface area contributed by atoms with Crippen LogP contribution in [-0.4, -0.2) is 31.1 Å². The van der Waals surface area contributed by atoms with E-state index in [0.29, 0.717) is 5.56 Å². The van der Waals surface area contributed by atoms with Crippen molar-refractivity contribution in [3.05, 3.63) is 45.6 Å². The molecular weight excluding hydrogens is 280 g/mol. The van der Waals surface area contributed by atoms with E-state index < -0.39 is 16.9 Å². The van der Waals surface area contributed by atoms with E-state index in [9.17, 15) is 19.7 Å². The van der Waals surface area contributed by atoms with E-state index in [1.807, 2.05) is 0 Å². The predicted octanol–water partition coefficient (Wildman–Crippen LogP) is 1.55. The topological polar surface area (TPSA) is 108 Å². The summed E-state index contributed by atoms with van der Waals surface area (Å²) in [5.74, 6) is -1.56. The molecule has 0 unspecified atom stereocenters. The molecule has 0 atom stereocenters. The first-order chi connectivity index (χ1) is 9.88. The van der Waals surface area contributed by atoms with Gasteiger partial charge in [-0.1, -0.05) is 6.07 Å². The van der Waals surface area contributed by atoms with Gasteiger partial charge in [-0.05, 0) is 13.0 Å². The molecule has 21 heavy (non-hydrogen) atoms. The maximum absolute atomic E-state index is 11.6. The number of esters is 2. The number of methoxy groups -OCH3 is 2. The van der Waals surface area contributed by atoms with Gasteiger partial charge in [-0.15, -0.1) is 0 Å². The van der Waals surface area contributed by atoms with Crippen LogP contribution < -0.4 is 5.32 Å². The second-order valence-electron chi connectivity index (χ2n) is 3.96. The van der Waals surface area contributed by atoms with Gasteiger partial charge < -0.3 is 14.8 Å². The Bertz CT molecular complexity index is 609. The molecule has 1 aromatic rings. The molecule has 0 saturated carbocycles. The summed E-state index contributed by atoms with van der Waals surface area (Å²) in [6, 6.07) is 4.31. The Hall–Kier alpha value is -2.90. The summed E-state index contributed by atoms with van der Waals surface area (Å²) in [7, 11) is 2.30. The van der Waals surface area contributed by atoms with Crippen molar-refractivity contribution in [3.63, 3.8) is 0 Å². The monoisotopic (exact) mass is 294 g/mol. The molecule has 8 heteroatoms. The minimum Gasteiger partial charge on any atom is -0.466 e. The highest BCUT2D eigenvalue weighted by molar-refractivity contribution is 5.98. The highest BCUT2D eigenvalue weighted by Gasteiger charge is 2.16. The summed E-state index contributed by atoms with van der Waals surface area (Å²) in [5, 5.41) is 13.5. The number of carbonyl (C=O) groups is 2. The quantitative estimate of drug-likeness (QED) is 0.380. The number of nitrogens with zero attached hydrogens (tertiary/aromatic N) is 1. The van der Waals surface area contributed by atoms with Crippen molar-refractivity contribution >= 4 is 23.3 Å². The van der Waals surface area contributed by atoms with Crippen LogP contribution in [0, 0.1) is 17.0 Å². The average Bonchev–Trinajstić information content (AvgIpc) is 2.46. The molecule has 1 N–H and O–H groups in total. The number of ether oxygens (including phenoxy) is 2. The summed E-state index contributed by atoms with van der Waals surface area (Å²) in [6.07, 6.45) is 0.900. The largest absolute Gasteiger partial charge is 0.466 e. The van der Waals surface area contributed by atoms with Crippen molar-refractivity contribution in [1.29, 1.82) is 0 Å². The van der Waals surface area contributed by atoms with Gasteiger partial charge in [-0.3, -0.25) is 10.1 Å². The molecule has 0 aliphatic rings. The second kappa shape index (κ2) is 7.04. The first-order valence-electron chi connectivity index (χ1n) is 5.79. The number of hydrogen-bond acceptors (Lipinski definition) is 7. The van der Waals surface area contributed by atoms with Crippen molar-refractivity contribution in [1.82, 2.24) is 0 Å². The fourth-order valence-electron chi connectivity index (χ4n) is 1.47. The summed E-state index contributed by atoms with van der Waals surface area (Å²) in [4.78, 5) is 33.1. The highest BCUT2D eigenvalue weighted by atomic mass is 16.6. The fraction of sp³-hybridized carbons (Fsp3) is 0.231. The molecule has 112 valence electrons. The molecule has 8 nitrogen and oxygen atoms in total. The van der Waals surface area contributed by atoms with Crippen molar-refractivity contribution in [2.45, 2.75) is 6.92 Å². The number of nitro benzene ring substituents is 1. The standard InChI is InChI=1S/C13H14N2O6/c1-8-4-5-9(6-11(8)15(18)19)14-10(13(17)21-3)7-12(16)20-2/h4-7,14H,1-3H3/b10-7+. The zero-order chi connectivity index (χ0) is 16.0. The van der Waals surface area contributed by atoms with E-state index in [-0.39, 0.29) is 17.1 Å². The summed E-state index contributed by atoms with van der Waals surface area (Å²) >= 11 is 0. The lowest BCUT2D eigenvalue weighted by molar-refractivity contribution is -0.385. The smallest absolute Gasteiger partial charge is 0.354 e. The minimum absolute atomic E-state index is 0.109. The molecule has 1 rings (SSSR count). The zero-order valence-corrected chi connectivity index (χ0v) is 11.7. The van der Waals surface area contributed by atoms with Crippen molar-refractivity contribution in [3.8, 4) is 0 Å². The van der Waals surface area contributed by atoms with Gasteiger partial charge in [-0.2, -0.15) is 0 Å². The van der Waals surface area contributed by atoms with Crippen LogP contribution in [-0.2, 0) is 19.1 Å². The third kappa shape index (κ3) is 4.30. The molecule has 0 aliphatic heterocycles. The van der Waals surface area contributed by atoms with Crippen LogP contribution >= 0.6 is 0 Å². The van der Waals surface area contributed by atoms with Crippen LogP contribution in [0.25, 0.3) is 0 Å². The number of benzene rings is 1. The second-order valence-corrected chi connectivity index (χ2v) is 3.96. The molecule has 0 aliphatic carbocycles. The Balaban J connectivity index is 3.12. The maximum Gasteiger partial charge on any atom is 0.354 e. The zero-order valence-electron chi connectivity index (χ0n) is 11.7. The van der Waals surface area contributed by atoms with E-state index >= 15 is 0 Å². The molecule has 0 heterocycles. The van der Waals surface area contributed by atoms with E-state index in [4.69, 9.17) is 0 Å². The maximum atomic E-state index is 11.6. The van der Waals surface area contributed by atoms with Gasteiger partial charge in [0.1, 0.15) is 5.70 Å². The van der Waals surface area contributed by atoms with Gasteiger partial charge in [0.15, 0.2) is 0 Å². The first kappa shape index (κ1) is 16.2. The lowest BCUT2D eigenvalue weighted by atomic mass is 10.2. The van der Waals surface area contributed by atoms with Crippen LogP contribution in [0.3, 0.4) is 0 Å². The number of anilines is 1. The lowest BCUT2D eigenvalue weighted by Gasteiger charge is -2.09. The number of rotatable bonds is 5. The van der Waals surface area contributed by atoms with Crippen molar-refractivity contribution < 1.29 is 24.0 Å². The molecule has 0 saturated heterocycles. The minimum atomic E-state index is -0.802. The Kier molecular flexibility index (Phi) is 5.41. The van der Waals surface area contributed by atoms with Gasteiger partial charge in [0.25, 0.3) is 5.69 Å². The summed E-state index contributed by atoms with van der Waals surface area (Å²) in [5.41, 5.74) is 0.444. The van der Waals surface area contributed by atoms with Crippen molar-refractivity contribution in [2.24, 2.45) is 0 Å². The predicted molar refractivity (Wildman–Crippen MR) is 73.6 cm³/mol. The van der Waals surface area contributed by atoms with E-state index in [1.165, 1.54) is 18.2 Å². The Labute approximate surface area is 120 Å². The lowest BCUT2D eigenvalue weighted by Crippen LogP contribution is -2.15. The van der Waals surface area contributed by atoms with E-state index in [0.717, 1.165) is 20.3 Å². The van der Waals surface area contributed by atoms with Crippen LogP contribution in [0.1, 0.15) is 5.56 Å². The van der Waals surface area contributed by atoms with Gasteiger partial charge in [0.2, 0.25) is 0 Å². The SMILES string of the molecule is COC(=O)/C=C(/Nc1ccc(C)c([N+](=O)[O-])c1)C(=O)OC. The Morgan fingerprint density at radius 1 is 1.29 bits per heavy atom. The molecule has 0 radical (unpaired) electrons. The van der Waals surface area contributed by atoms with E-state index in [1.54, 1.807) is 6.92 Å². The van der Waals surface area contributed by atoms with Crippen LogP contribution in [0.2, 0.25) is 0 Å². The molecule has 0 aromatic heterocycles. The molecule has 1 aromatic carbocycles. The third-order valence-electron chi connectivity index (χ3n) is 2.55. The van der Waals surface area contributed by atoms with E-state index in [2.05, 4.69) is 14.8 Å². The first-order valence-corrected chi connectivity index (χ1v) is 5.79. The van der Waals surface area contributed by atoms with Gasteiger partial charge in [0.05, 0.1) is 25.2 Å². The highest BCUT2D eigenvalue weighted by Crippen LogP contribution is 2.23. The average molecular weight is 294 g/mol. The number of nitro groups is 1. The van der Waals surface area contributed by atoms with Gasteiger partial charge in [-0.25, -0.2) is 9.59 Å². The number of nitrogens with one attached hydrogen (secondary N) is 1. The number of hydrogen-bond donors (Lipinski definition) is 1. The van der Waals surface area contributed by atoms with Crippen LogP contribution in [0.5, 0.6) is 0 Å². The summed E-state index contributed by atoms with van der Waals surface area (Å²) in [6.45, 7) is 1.59. The normalized spacial score (nSPS) is 10.7. The fourth-order valence-corrected chi connectivity index (χ4v) is 1.47. The van der Waals surface area contributed by atoms with Crippen LogP contribution in [0.15, 0.2) is 30.0 Å². The summed E-state index contributed by atoms with van der Waals surface area (Å²) < 4.78 is 8.94. The Morgan fingerprint density at radius 3 is 2.48 bits per heavy atom. The molecule has 0 amide bonds. The van der Waals surface area contributed by atoms with Gasteiger partial charge >= 0.3 is 11.9 Å². The number of carbonyl (C=O) groups excluding carboxylic acids is 2.